The SMILES string of the molecule is NNc1cncc(N2CCCCc3ccccc32)n1. The molecule has 0 saturated carbocycles. The lowest BCUT2D eigenvalue weighted by molar-refractivity contribution is 0.757. The summed E-state index contributed by atoms with van der Waals surface area (Å²) in [6.07, 6.45) is 6.87. The number of aryl methyl sites for hydroxylation is 1. The van der Waals surface area contributed by atoms with Gasteiger partial charge in [0, 0.05) is 12.2 Å². The predicted molar refractivity (Wildman–Crippen MR) is 76.2 cm³/mol. The lowest BCUT2D eigenvalue weighted by Gasteiger charge is -2.23. The van der Waals surface area contributed by atoms with Gasteiger partial charge in [0.1, 0.15) is 0 Å². The van der Waals surface area contributed by atoms with Crippen LogP contribution < -0.4 is 16.2 Å². The number of nitrogens with one attached hydrogen (secondary N) is 1. The highest BCUT2D eigenvalue weighted by atomic mass is 15.3. The third-order valence-electron chi connectivity index (χ3n) is 3.41. The van der Waals surface area contributed by atoms with Crippen LogP contribution in [-0.2, 0) is 6.42 Å². The van der Waals surface area contributed by atoms with E-state index in [1.807, 2.05) is 0 Å². The standard InChI is InChI=1S/C14H17N5/c15-18-13-9-16-10-14(17-13)19-8-4-3-6-11-5-1-2-7-12(11)19/h1-2,5,7,9-10H,3-4,6,8,15H2,(H,17,18). The van der Waals surface area contributed by atoms with Crippen molar-refractivity contribution in [1.29, 1.82) is 0 Å². The summed E-state index contributed by atoms with van der Waals surface area (Å²) in [5.41, 5.74) is 5.14. The number of benzene rings is 1. The highest BCUT2D eigenvalue weighted by Crippen LogP contribution is 2.31. The maximum Gasteiger partial charge on any atom is 0.160 e. The van der Waals surface area contributed by atoms with Crippen molar-refractivity contribution < 1.29 is 0 Å². The van der Waals surface area contributed by atoms with E-state index in [2.05, 4.69) is 44.6 Å². The third-order valence-corrected chi connectivity index (χ3v) is 3.41. The predicted octanol–water partition coefficient (Wildman–Crippen LogP) is 2.24. The van der Waals surface area contributed by atoms with Crippen molar-refractivity contribution in [2.75, 3.05) is 16.9 Å². The number of hydrogen-bond acceptors (Lipinski definition) is 5. The van der Waals surface area contributed by atoms with Crippen LogP contribution in [0.25, 0.3) is 0 Å². The van der Waals surface area contributed by atoms with Crippen molar-refractivity contribution in [2.45, 2.75) is 19.3 Å². The molecule has 0 aliphatic carbocycles. The number of para-hydroxylation sites is 1. The van der Waals surface area contributed by atoms with E-state index >= 15 is 0 Å². The second-order valence-electron chi connectivity index (χ2n) is 4.64. The molecule has 0 atom stereocenters. The first-order chi connectivity index (χ1) is 9.38. The van der Waals surface area contributed by atoms with Gasteiger partial charge >= 0.3 is 0 Å². The van der Waals surface area contributed by atoms with Crippen LogP contribution >= 0.6 is 0 Å². The van der Waals surface area contributed by atoms with Gasteiger partial charge in [0.25, 0.3) is 0 Å². The first-order valence-corrected chi connectivity index (χ1v) is 6.52. The number of rotatable bonds is 2. The molecule has 1 aromatic heterocycles. The fourth-order valence-corrected chi connectivity index (χ4v) is 2.48. The molecule has 98 valence electrons. The largest absolute Gasteiger partial charge is 0.325 e. The maximum absolute atomic E-state index is 5.40. The third kappa shape index (κ3) is 2.37. The van der Waals surface area contributed by atoms with Crippen LogP contribution in [0.3, 0.4) is 0 Å². The molecule has 0 bridgehead atoms. The highest BCUT2D eigenvalue weighted by molar-refractivity contribution is 5.64. The summed E-state index contributed by atoms with van der Waals surface area (Å²) in [5.74, 6) is 6.82. The van der Waals surface area contributed by atoms with Crippen LogP contribution in [-0.4, -0.2) is 16.5 Å². The molecule has 0 radical (unpaired) electrons. The lowest BCUT2D eigenvalue weighted by Crippen LogP contribution is -2.20. The van der Waals surface area contributed by atoms with Crippen molar-refractivity contribution >= 4 is 17.3 Å². The van der Waals surface area contributed by atoms with E-state index in [1.165, 1.54) is 17.7 Å². The Bertz CT molecular complexity index is 569. The van der Waals surface area contributed by atoms with Crippen molar-refractivity contribution in [2.24, 2.45) is 5.84 Å². The van der Waals surface area contributed by atoms with Gasteiger partial charge in [0.2, 0.25) is 0 Å². The van der Waals surface area contributed by atoms with Crippen molar-refractivity contribution in [3.05, 3.63) is 42.2 Å². The molecule has 0 saturated heterocycles. The van der Waals surface area contributed by atoms with Gasteiger partial charge in [-0.1, -0.05) is 18.2 Å². The number of nitrogens with two attached hydrogens (primary N) is 1. The molecular formula is C14H17N5. The van der Waals surface area contributed by atoms with Gasteiger partial charge < -0.3 is 10.3 Å². The average molecular weight is 255 g/mol. The Balaban J connectivity index is 2.03. The van der Waals surface area contributed by atoms with Gasteiger partial charge in [-0.05, 0) is 30.9 Å². The fourth-order valence-electron chi connectivity index (χ4n) is 2.48. The Morgan fingerprint density at radius 3 is 2.95 bits per heavy atom. The van der Waals surface area contributed by atoms with E-state index in [0.717, 1.165) is 25.2 Å². The Kier molecular flexibility index (Phi) is 3.29. The van der Waals surface area contributed by atoms with E-state index in [1.54, 1.807) is 12.4 Å². The quantitative estimate of drug-likeness (QED) is 0.636. The molecule has 5 nitrogen and oxygen atoms in total. The van der Waals surface area contributed by atoms with E-state index in [9.17, 15) is 0 Å². The zero-order chi connectivity index (χ0) is 13.1. The number of aromatic nitrogens is 2. The molecule has 1 aromatic carbocycles. The minimum Gasteiger partial charge on any atom is -0.325 e. The molecule has 0 amide bonds. The molecule has 0 spiro atoms. The van der Waals surface area contributed by atoms with E-state index < -0.39 is 0 Å². The Hall–Kier alpha value is -2.14. The lowest BCUT2D eigenvalue weighted by atomic mass is 10.1. The number of nitrogens with zero attached hydrogens (tertiary/aromatic N) is 3. The van der Waals surface area contributed by atoms with E-state index in [0.29, 0.717) is 5.82 Å². The molecular weight excluding hydrogens is 238 g/mol. The number of fused-ring (bicyclic) bond motifs is 1. The highest BCUT2D eigenvalue weighted by Gasteiger charge is 2.17. The topological polar surface area (TPSA) is 67.1 Å². The molecule has 19 heavy (non-hydrogen) atoms. The molecule has 3 rings (SSSR count). The van der Waals surface area contributed by atoms with Gasteiger partial charge in [0.15, 0.2) is 11.6 Å². The number of hydrazine groups is 1. The monoisotopic (exact) mass is 255 g/mol. The zero-order valence-electron chi connectivity index (χ0n) is 10.7. The number of hydrogen-bond donors (Lipinski definition) is 2. The van der Waals surface area contributed by atoms with Crippen molar-refractivity contribution in [3.8, 4) is 0 Å². The summed E-state index contributed by atoms with van der Waals surface area (Å²) in [7, 11) is 0. The van der Waals surface area contributed by atoms with Crippen LogP contribution in [0.2, 0.25) is 0 Å². The molecule has 3 N–H and O–H groups in total. The zero-order valence-corrected chi connectivity index (χ0v) is 10.7. The van der Waals surface area contributed by atoms with E-state index in [-0.39, 0.29) is 0 Å². The van der Waals surface area contributed by atoms with Crippen LogP contribution in [0.4, 0.5) is 17.3 Å². The van der Waals surface area contributed by atoms with Gasteiger partial charge in [-0.25, -0.2) is 10.8 Å². The molecule has 2 heterocycles. The van der Waals surface area contributed by atoms with Crippen molar-refractivity contribution in [1.82, 2.24) is 9.97 Å². The van der Waals surface area contributed by atoms with Gasteiger partial charge in [-0.15, -0.1) is 0 Å². The van der Waals surface area contributed by atoms with Crippen LogP contribution in [0.1, 0.15) is 18.4 Å². The molecule has 5 heteroatoms. The smallest absolute Gasteiger partial charge is 0.160 e. The minimum atomic E-state index is 0.583. The molecule has 0 fully saturated rings. The molecule has 1 aliphatic rings. The van der Waals surface area contributed by atoms with Crippen LogP contribution in [0.5, 0.6) is 0 Å². The summed E-state index contributed by atoms with van der Waals surface area (Å²) in [6, 6.07) is 8.48. The molecule has 2 aromatic rings. The summed E-state index contributed by atoms with van der Waals surface area (Å²) < 4.78 is 0. The first kappa shape index (κ1) is 11.9. The minimum absolute atomic E-state index is 0.583. The number of anilines is 3. The van der Waals surface area contributed by atoms with Gasteiger partial charge in [-0.2, -0.15) is 0 Å². The van der Waals surface area contributed by atoms with Crippen LogP contribution in [0.15, 0.2) is 36.7 Å². The Labute approximate surface area is 112 Å². The van der Waals surface area contributed by atoms with Crippen LogP contribution in [0, 0.1) is 0 Å². The summed E-state index contributed by atoms with van der Waals surface area (Å²) in [6.45, 7) is 0.958. The van der Waals surface area contributed by atoms with Gasteiger partial charge in [-0.3, -0.25) is 4.98 Å². The second kappa shape index (κ2) is 5.24. The normalized spacial score (nSPS) is 14.7. The summed E-state index contributed by atoms with van der Waals surface area (Å²) in [5, 5.41) is 0. The fraction of sp³-hybridized carbons (Fsp3) is 0.286. The Morgan fingerprint density at radius 1 is 1.16 bits per heavy atom. The summed E-state index contributed by atoms with van der Waals surface area (Å²) in [4.78, 5) is 10.9. The second-order valence-corrected chi connectivity index (χ2v) is 4.64. The molecule has 0 unspecified atom stereocenters. The molecule has 1 aliphatic heterocycles. The Morgan fingerprint density at radius 2 is 2.05 bits per heavy atom. The maximum atomic E-state index is 5.40. The van der Waals surface area contributed by atoms with E-state index in [4.69, 9.17) is 5.84 Å². The average Bonchev–Trinajstić information content (AvgIpc) is 2.69. The number of nitrogen functional groups attached to an aromatic ring is 1. The first-order valence-electron chi connectivity index (χ1n) is 6.52. The van der Waals surface area contributed by atoms with Gasteiger partial charge in [0.05, 0.1) is 12.4 Å². The van der Waals surface area contributed by atoms with Crippen molar-refractivity contribution in [3.63, 3.8) is 0 Å². The summed E-state index contributed by atoms with van der Waals surface area (Å²) >= 11 is 0.